The molecule has 4 N–H and O–H groups in total. The molecule has 1 aromatic carbocycles. The van der Waals surface area contributed by atoms with Crippen LogP contribution >= 0.6 is 0 Å². The van der Waals surface area contributed by atoms with Gasteiger partial charge in [0.1, 0.15) is 0 Å². The van der Waals surface area contributed by atoms with Crippen molar-refractivity contribution in [2.45, 2.75) is 38.6 Å². The molecule has 0 aromatic heterocycles. The van der Waals surface area contributed by atoms with Crippen LogP contribution in [0.5, 0.6) is 0 Å². The fourth-order valence-corrected chi connectivity index (χ4v) is 2.54. The maximum atomic E-state index is 12.5. The number of nitrogens with zero attached hydrogens (tertiary/aromatic N) is 1. The third-order valence-electron chi connectivity index (χ3n) is 3.54. The minimum absolute atomic E-state index is 0.0448. The summed E-state index contributed by atoms with van der Waals surface area (Å²) in [6.07, 6.45) is 4.55. The minimum atomic E-state index is 0.0448. The molecule has 1 amide bonds. The van der Waals surface area contributed by atoms with Crippen LogP contribution in [-0.4, -0.2) is 23.4 Å². The lowest BCUT2D eigenvalue weighted by Gasteiger charge is -2.27. The standard InChI is InChI=1S/C14H21N3O/c1-10-5-3-2-4-6-17(10)14(18)11-7-12(15)9-13(16)8-11/h7-10H,2-6,15-16H2,1H3. The molecule has 0 spiro atoms. The molecule has 1 aliphatic heterocycles. The fraction of sp³-hybridized carbons (Fsp3) is 0.500. The molecule has 0 aliphatic carbocycles. The Bertz CT molecular complexity index is 424. The number of hydrogen-bond acceptors (Lipinski definition) is 3. The Hall–Kier alpha value is -1.71. The summed E-state index contributed by atoms with van der Waals surface area (Å²) in [6.45, 7) is 2.94. The first-order valence-corrected chi connectivity index (χ1v) is 6.55. The Kier molecular flexibility index (Phi) is 3.75. The van der Waals surface area contributed by atoms with E-state index in [9.17, 15) is 4.79 Å². The zero-order valence-corrected chi connectivity index (χ0v) is 10.9. The summed E-state index contributed by atoms with van der Waals surface area (Å²) in [5, 5.41) is 0. The van der Waals surface area contributed by atoms with Gasteiger partial charge in [0.05, 0.1) is 0 Å². The van der Waals surface area contributed by atoms with Crippen molar-refractivity contribution >= 4 is 17.3 Å². The number of anilines is 2. The lowest BCUT2D eigenvalue weighted by atomic mass is 10.1. The lowest BCUT2D eigenvalue weighted by Crippen LogP contribution is -2.38. The average molecular weight is 247 g/mol. The summed E-state index contributed by atoms with van der Waals surface area (Å²) >= 11 is 0. The third kappa shape index (κ3) is 2.75. The highest BCUT2D eigenvalue weighted by Crippen LogP contribution is 2.21. The molecule has 0 saturated carbocycles. The van der Waals surface area contributed by atoms with E-state index >= 15 is 0 Å². The van der Waals surface area contributed by atoms with Crippen LogP contribution in [0.3, 0.4) is 0 Å². The van der Waals surface area contributed by atoms with Crippen molar-refractivity contribution in [1.29, 1.82) is 0 Å². The highest BCUT2D eigenvalue weighted by molar-refractivity contribution is 5.96. The Labute approximate surface area is 108 Å². The summed E-state index contributed by atoms with van der Waals surface area (Å²) in [4.78, 5) is 14.4. The van der Waals surface area contributed by atoms with Crippen molar-refractivity contribution < 1.29 is 4.79 Å². The quantitative estimate of drug-likeness (QED) is 0.748. The first kappa shape index (κ1) is 12.7. The molecule has 1 aliphatic rings. The normalized spacial score (nSPS) is 20.5. The number of rotatable bonds is 1. The van der Waals surface area contributed by atoms with Gasteiger partial charge in [-0.3, -0.25) is 4.79 Å². The van der Waals surface area contributed by atoms with Crippen LogP contribution in [0.2, 0.25) is 0 Å². The molecule has 4 nitrogen and oxygen atoms in total. The Morgan fingerprint density at radius 2 is 1.83 bits per heavy atom. The van der Waals surface area contributed by atoms with E-state index in [4.69, 9.17) is 11.5 Å². The largest absolute Gasteiger partial charge is 0.399 e. The maximum absolute atomic E-state index is 12.5. The van der Waals surface area contributed by atoms with Crippen molar-refractivity contribution in [3.8, 4) is 0 Å². The zero-order chi connectivity index (χ0) is 13.1. The van der Waals surface area contributed by atoms with Gasteiger partial charge >= 0.3 is 0 Å². The molecule has 1 heterocycles. The van der Waals surface area contributed by atoms with Crippen molar-refractivity contribution in [1.82, 2.24) is 4.90 Å². The first-order chi connectivity index (χ1) is 8.58. The number of carbonyl (C=O) groups is 1. The first-order valence-electron chi connectivity index (χ1n) is 6.55. The maximum Gasteiger partial charge on any atom is 0.254 e. The van der Waals surface area contributed by atoms with Gasteiger partial charge in [-0.2, -0.15) is 0 Å². The van der Waals surface area contributed by atoms with Crippen LogP contribution in [-0.2, 0) is 0 Å². The summed E-state index contributed by atoms with van der Waals surface area (Å²) in [7, 11) is 0. The van der Waals surface area contributed by atoms with E-state index in [-0.39, 0.29) is 5.91 Å². The number of hydrogen-bond donors (Lipinski definition) is 2. The molecular formula is C14H21N3O. The van der Waals surface area contributed by atoms with Crippen molar-refractivity contribution in [2.24, 2.45) is 0 Å². The molecule has 98 valence electrons. The molecular weight excluding hydrogens is 226 g/mol. The Morgan fingerprint density at radius 3 is 2.50 bits per heavy atom. The Balaban J connectivity index is 2.23. The predicted octanol–water partition coefficient (Wildman–Crippen LogP) is 2.26. The topological polar surface area (TPSA) is 72.3 Å². The van der Waals surface area contributed by atoms with Crippen LogP contribution in [0, 0.1) is 0 Å². The molecule has 1 atom stereocenters. The van der Waals surface area contributed by atoms with Crippen molar-refractivity contribution in [2.75, 3.05) is 18.0 Å². The van der Waals surface area contributed by atoms with E-state index in [0.29, 0.717) is 23.0 Å². The molecule has 0 radical (unpaired) electrons. The molecule has 1 fully saturated rings. The van der Waals surface area contributed by atoms with Gasteiger partial charge in [-0.25, -0.2) is 0 Å². The van der Waals surface area contributed by atoms with Gasteiger partial charge in [-0.05, 0) is 38.0 Å². The van der Waals surface area contributed by atoms with Gasteiger partial charge in [0.2, 0.25) is 0 Å². The molecule has 4 heteroatoms. The number of amides is 1. The molecule has 1 aromatic rings. The smallest absolute Gasteiger partial charge is 0.254 e. The van der Waals surface area contributed by atoms with Crippen LogP contribution in [0.1, 0.15) is 43.0 Å². The van der Waals surface area contributed by atoms with E-state index in [1.165, 1.54) is 12.8 Å². The second-order valence-electron chi connectivity index (χ2n) is 5.09. The van der Waals surface area contributed by atoms with Crippen molar-refractivity contribution in [3.05, 3.63) is 23.8 Å². The van der Waals surface area contributed by atoms with Gasteiger partial charge in [0.25, 0.3) is 5.91 Å². The minimum Gasteiger partial charge on any atom is -0.399 e. The SMILES string of the molecule is CC1CCCCCN1C(=O)c1cc(N)cc(N)c1. The second kappa shape index (κ2) is 5.29. The third-order valence-corrected chi connectivity index (χ3v) is 3.54. The lowest BCUT2D eigenvalue weighted by molar-refractivity contribution is 0.0698. The molecule has 2 rings (SSSR count). The van der Waals surface area contributed by atoms with E-state index in [2.05, 4.69) is 6.92 Å². The van der Waals surface area contributed by atoms with Gasteiger partial charge in [0.15, 0.2) is 0 Å². The average Bonchev–Trinajstić information content (AvgIpc) is 2.51. The monoisotopic (exact) mass is 247 g/mol. The van der Waals surface area contributed by atoms with Gasteiger partial charge < -0.3 is 16.4 Å². The summed E-state index contributed by atoms with van der Waals surface area (Å²) in [6, 6.07) is 5.37. The van der Waals surface area contributed by atoms with Crippen molar-refractivity contribution in [3.63, 3.8) is 0 Å². The molecule has 0 bridgehead atoms. The number of nitrogen functional groups attached to an aromatic ring is 2. The summed E-state index contributed by atoms with van der Waals surface area (Å²) < 4.78 is 0. The van der Waals surface area contributed by atoms with Crippen LogP contribution in [0.25, 0.3) is 0 Å². The zero-order valence-electron chi connectivity index (χ0n) is 10.9. The second-order valence-corrected chi connectivity index (χ2v) is 5.09. The summed E-state index contributed by atoms with van der Waals surface area (Å²) in [5.74, 6) is 0.0448. The van der Waals surface area contributed by atoms with E-state index in [1.807, 2.05) is 4.90 Å². The summed E-state index contributed by atoms with van der Waals surface area (Å²) in [5.41, 5.74) is 13.2. The van der Waals surface area contributed by atoms with E-state index in [0.717, 1.165) is 19.4 Å². The Morgan fingerprint density at radius 1 is 1.17 bits per heavy atom. The van der Waals surface area contributed by atoms with Gasteiger partial charge in [-0.1, -0.05) is 12.8 Å². The van der Waals surface area contributed by atoms with Crippen LogP contribution in [0.15, 0.2) is 18.2 Å². The van der Waals surface area contributed by atoms with E-state index in [1.54, 1.807) is 18.2 Å². The number of carbonyl (C=O) groups excluding carboxylic acids is 1. The highest BCUT2D eigenvalue weighted by Gasteiger charge is 2.23. The number of likely N-dealkylation sites (tertiary alicyclic amines) is 1. The molecule has 18 heavy (non-hydrogen) atoms. The molecule has 1 saturated heterocycles. The van der Waals surface area contributed by atoms with Crippen LogP contribution < -0.4 is 11.5 Å². The van der Waals surface area contributed by atoms with Gasteiger partial charge in [-0.15, -0.1) is 0 Å². The van der Waals surface area contributed by atoms with Gasteiger partial charge in [0, 0.05) is 29.5 Å². The number of benzene rings is 1. The predicted molar refractivity (Wildman–Crippen MR) is 74.2 cm³/mol. The fourth-order valence-electron chi connectivity index (χ4n) is 2.54. The number of nitrogens with two attached hydrogens (primary N) is 2. The molecule has 1 unspecified atom stereocenters. The van der Waals surface area contributed by atoms with E-state index < -0.39 is 0 Å². The van der Waals surface area contributed by atoms with Crippen LogP contribution in [0.4, 0.5) is 11.4 Å². The highest BCUT2D eigenvalue weighted by atomic mass is 16.2.